The van der Waals surface area contributed by atoms with Crippen LogP contribution in [0.4, 0.5) is 5.82 Å². The normalized spacial score (nSPS) is 10.5. The highest BCUT2D eigenvalue weighted by Crippen LogP contribution is 2.19. The summed E-state index contributed by atoms with van der Waals surface area (Å²) >= 11 is 6.10. The van der Waals surface area contributed by atoms with Crippen LogP contribution in [0.15, 0.2) is 12.1 Å². The third kappa shape index (κ3) is 3.35. The lowest BCUT2D eigenvalue weighted by atomic mass is 10.3. The number of nitrogens with one attached hydrogen (secondary N) is 1. The van der Waals surface area contributed by atoms with Gasteiger partial charge in [-0.3, -0.25) is 0 Å². The highest BCUT2D eigenvalue weighted by atomic mass is 35.5. The lowest BCUT2D eigenvalue weighted by molar-refractivity contribution is 0.707. The van der Waals surface area contributed by atoms with Crippen LogP contribution >= 0.6 is 11.6 Å². The molecule has 0 fully saturated rings. The molecule has 3 nitrogen and oxygen atoms in total. The van der Waals surface area contributed by atoms with E-state index in [1.807, 2.05) is 12.1 Å². The highest BCUT2D eigenvalue weighted by molar-refractivity contribution is 6.31. The molecule has 0 amide bonds. The van der Waals surface area contributed by atoms with Crippen molar-refractivity contribution >= 4 is 17.4 Å². The second-order valence-corrected chi connectivity index (χ2v) is 3.96. The van der Waals surface area contributed by atoms with Crippen molar-refractivity contribution in [3.8, 4) is 0 Å². The minimum Gasteiger partial charge on any atom is -0.357 e. The van der Waals surface area contributed by atoms with Gasteiger partial charge < -0.3 is 10.2 Å². The van der Waals surface area contributed by atoms with Crippen LogP contribution in [-0.2, 0) is 6.54 Å². The van der Waals surface area contributed by atoms with Crippen molar-refractivity contribution in [1.29, 1.82) is 0 Å². The van der Waals surface area contributed by atoms with Gasteiger partial charge in [0.15, 0.2) is 0 Å². The molecule has 0 atom stereocenters. The maximum Gasteiger partial charge on any atom is 0.128 e. The van der Waals surface area contributed by atoms with Crippen LogP contribution in [0, 0.1) is 0 Å². The molecule has 0 saturated carbocycles. The van der Waals surface area contributed by atoms with Gasteiger partial charge in [0.2, 0.25) is 0 Å². The zero-order valence-corrected chi connectivity index (χ0v) is 11.0. The Kier molecular flexibility index (Phi) is 5.56. The summed E-state index contributed by atoms with van der Waals surface area (Å²) < 4.78 is 0. The molecule has 0 aromatic carbocycles. The second-order valence-electron chi connectivity index (χ2n) is 3.55. The summed E-state index contributed by atoms with van der Waals surface area (Å²) in [5.74, 6) is 1.00. The molecule has 0 spiro atoms. The smallest absolute Gasteiger partial charge is 0.128 e. The van der Waals surface area contributed by atoms with E-state index in [2.05, 4.69) is 36.0 Å². The predicted octanol–water partition coefficient (Wildman–Crippen LogP) is 2.69. The molecule has 1 aromatic rings. The number of aromatic nitrogens is 1. The first-order chi connectivity index (χ1) is 7.72. The monoisotopic (exact) mass is 241 g/mol. The van der Waals surface area contributed by atoms with Crippen LogP contribution in [0.3, 0.4) is 0 Å². The Morgan fingerprint density at radius 3 is 2.50 bits per heavy atom. The standard InChI is InChI=1S/C12H20ClN3/c1-4-14-9-11-10(13)7-8-12(15-11)16(5-2)6-3/h7-8,14H,4-6,9H2,1-3H3. The number of halogens is 1. The van der Waals surface area contributed by atoms with E-state index in [1.165, 1.54) is 0 Å². The van der Waals surface area contributed by atoms with E-state index in [1.54, 1.807) is 0 Å². The van der Waals surface area contributed by atoms with E-state index in [0.717, 1.165) is 42.7 Å². The Labute approximate surface area is 103 Å². The SMILES string of the molecule is CCNCc1nc(N(CC)CC)ccc1Cl. The molecule has 4 heteroatoms. The molecule has 0 saturated heterocycles. The van der Waals surface area contributed by atoms with E-state index < -0.39 is 0 Å². The van der Waals surface area contributed by atoms with Crippen LogP contribution in [0.5, 0.6) is 0 Å². The molecule has 0 aliphatic rings. The summed E-state index contributed by atoms with van der Waals surface area (Å²) in [5, 5.41) is 3.98. The van der Waals surface area contributed by atoms with Gasteiger partial charge in [0.05, 0.1) is 10.7 Å². The first kappa shape index (κ1) is 13.3. The molecular weight excluding hydrogens is 222 g/mol. The van der Waals surface area contributed by atoms with Crippen molar-refractivity contribution in [2.75, 3.05) is 24.5 Å². The van der Waals surface area contributed by atoms with Crippen molar-refractivity contribution in [2.45, 2.75) is 27.3 Å². The lowest BCUT2D eigenvalue weighted by Crippen LogP contribution is -2.24. The number of pyridine rings is 1. The Bertz CT molecular complexity index is 324. The fourth-order valence-corrected chi connectivity index (χ4v) is 1.74. The average Bonchev–Trinajstić information content (AvgIpc) is 2.31. The number of anilines is 1. The summed E-state index contributed by atoms with van der Waals surface area (Å²) in [6.45, 7) is 9.91. The first-order valence-electron chi connectivity index (χ1n) is 5.83. The van der Waals surface area contributed by atoms with Gasteiger partial charge in [-0.05, 0) is 32.5 Å². The van der Waals surface area contributed by atoms with Crippen LogP contribution in [0.2, 0.25) is 5.02 Å². The van der Waals surface area contributed by atoms with Gasteiger partial charge in [0, 0.05) is 19.6 Å². The maximum absolute atomic E-state index is 6.10. The Morgan fingerprint density at radius 2 is 1.94 bits per heavy atom. The van der Waals surface area contributed by atoms with E-state index in [-0.39, 0.29) is 0 Å². The summed E-state index contributed by atoms with van der Waals surface area (Å²) in [6.07, 6.45) is 0. The molecule has 0 radical (unpaired) electrons. The van der Waals surface area contributed by atoms with Crippen LogP contribution in [0.1, 0.15) is 26.5 Å². The first-order valence-corrected chi connectivity index (χ1v) is 6.21. The molecule has 1 heterocycles. The summed E-state index contributed by atoms with van der Waals surface area (Å²) in [5.41, 5.74) is 0.924. The van der Waals surface area contributed by atoms with Gasteiger partial charge >= 0.3 is 0 Å². The van der Waals surface area contributed by atoms with Gasteiger partial charge in [-0.1, -0.05) is 18.5 Å². The lowest BCUT2D eigenvalue weighted by Gasteiger charge is -2.20. The molecular formula is C12H20ClN3. The highest BCUT2D eigenvalue weighted by Gasteiger charge is 2.07. The molecule has 0 unspecified atom stereocenters. The van der Waals surface area contributed by atoms with E-state index in [0.29, 0.717) is 0 Å². The van der Waals surface area contributed by atoms with Gasteiger partial charge in [0.1, 0.15) is 5.82 Å². The van der Waals surface area contributed by atoms with Gasteiger partial charge in [-0.25, -0.2) is 4.98 Å². The van der Waals surface area contributed by atoms with Gasteiger partial charge in [0.25, 0.3) is 0 Å². The molecule has 90 valence electrons. The van der Waals surface area contributed by atoms with Crippen molar-refractivity contribution < 1.29 is 0 Å². The minimum absolute atomic E-state index is 0.727. The molecule has 1 aromatic heterocycles. The third-order valence-electron chi connectivity index (χ3n) is 2.53. The zero-order valence-electron chi connectivity index (χ0n) is 10.3. The van der Waals surface area contributed by atoms with Crippen molar-refractivity contribution in [3.05, 3.63) is 22.8 Å². The Hall–Kier alpha value is -0.800. The molecule has 0 bridgehead atoms. The molecule has 1 rings (SSSR count). The largest absolute Gasteiger partial charge is 0.357 e. The van der Waals surface area contributed by atoms with Crippen LogP contribution < -0.4 is 10.2 Å². The van der Waals surface area contributed by atoms with Gasteiger partial charge in [-0.15, -0.1) is 0 Å². The van der Waals surface area contributed by atoms with E-state index in [4.69, 9.17) is 11.6 Å². The number of hydrogen-bond acceptors (Lipinski definition) is 3. The topological polar surface area (TPSA) is 28.2 Å². The summed E-state index contributed by atoms with van der Waals surface area (Å²) in [6, 6.07) is 3.90. The third-order valence-corrected chi connectivity index (χ3v) is 2.88. The predicted molar refractivity (Wildman–Crippen MR) is 70.2 cm³/mol. The van der Waals surface area contributed by atoms with Crippen molar-refractivity contribution in [2.24, 2.45) is 0 Å². The second kappa shape index (κ2) is 6.71. The minimum atomic E-state index is 0.727. The van der Waals surface area contributed by atoms with Crippen LogP contribution in [-0.4, -0.2) is 24.6 Å². The fourth-order valence-electron chi connectivity index (χ4n) is 1.56. The summed E-state index contributed by atoms with van der Waals surface area (Å²) in [7, 11) is 0. The Morgan fingerprint density at radius 1 is 1.25 bits per heavy atom. The number of rotatable bonds is 6. The van der Waals surface area contributed by atoms with Crippen LogP contribution in [0.25, 0.3) is 0 Å². The van der Waals surface area contributed by atoms with E-state index in [9.17, 15) is 0 Å². The fraction of sp³-hybridized carbons (Fsp3) is 0.583. The molecule has 0 aliphatic carbocycles. The average molecular weight is 242 g/mol. The number of nitrogens with zero attached hydrogens (tertiary/aromatic N) is 2. The molecule has 1 N–H and O–H groups in total. The molecule has 0 aliphatic heterocycles. The Balaban J connectivity index is 2.87. The van der Waals surface area contributed by atoms with Gasteiger partial charge in [-0.2, -0.15) is 0 Å². The molecule has 16 heavy (non-hydrogen) atoms. The van der Waals surface area contributed by atoms with Crippen molar-refractivity contribution in [1.82, 2.24) is 10.3 Å². The quantitative estimate of drug-likeness (QED) is 0.830. The maximum atomic E-state index is 6.10. The van der Waals surface area contributed by atoms with E-state index >= 15 is 0 Å². The zero-order chi connectivity index (χ0) is 12.0. The summed E-state index contributed by atoms with van der Waals surface area (Å²) in [4.78, 5) is 6.80. The van der Waals surface area contributed by atoms with Crippen molar-refractivity contribution in [3.63, 3.8) is 0 Å². The number of hydrogen-bond donors (Lipinski definition) is 1.